The van der Waals surface area contributed by atoms with Crippen molar-refractivity contribution in [3.05, 3.63) is 28.9 Å². The number of aromatic nitrogens is 3. The van der Waals surface area contributed by atoms with Crippen molar-refractivity contribution in [1.29, 1.82) is 0 Å². The molecule has 0 saturated heterocycles. The number of hydrogen-bond donors (Lipinski definition) is 3. The Morgan fingerprint density at radius 2 is 2.00 bits per heavy atom. The van der Waals surface area contributed by atoms with Gasteiger partial charge in [0, 0.05) is 18.3 Å². The number of nitrogens with zero attached hydrogens (tertiary/aromatic N) is 3. The summed E-state index contributed by atoms with van der Waals surface area (Å²) in [6.45, 7) is 3.70. The van der Waals surface area contributed by atoms with E-state index >= 15 is 0 Å². The van der Waals surface area contributed by atoms with Crippen LogP contribution in [0.5, 0.6) is 5.75 Å². The summed E-state index contributed by atoms with van der Waals surface area (Å²) in [4.78, 5) is 4.11. The average molecular weight is 321 g/mol. The topological polar surface area (TPSA) is 91.2 Å². The average Bonchev–Trinajstić information content (AvgIpc) is 2.38. The minimum Gasteiger partial charge on any atom is -0.506 e. The number of hydrogen-bond acceptors (Lipinski definition) is 6. The molecule has 1 saturated carbocycles. The molecule has 0 bridgehead atoms. The molecule has 0 radical (unpaired) electrons. The Kier molecular flexibility index (Phi) is 3.66. The van der Waals surface area contributed by atoms with Crippen LogP contribution in [0.25, 0.3) is 11.4 Å². The first kappa shape index (κ1) is 15.0. The molecule has 1 aliphatic carbocycles. The van der Waals surface area contributed by atoms with Crippen molar-refractivity contribution in [3.63, 3.8) is 0 Å². The first-order chi connectivity index (χ1) is 10.3. The normalized spacial score (nSPS) is 23.9. The van der Waals surface area contributed by atoms with Crippen molar-refractivity contribution >= 4 is 17.4 Å². The molecule has 22 heavy (non-hydrogen) atoms. The maximum atomic E-state index is 9.93. The quantitative estimate of drug-likeness (QED) is 0.805. The van der Waals surface area contributed by atoms with E-state index < -0.39 is 5.60 Å². The van der Waals surface area contributed by atoms with E-state index in [1.54, 1.807) is 0 Å². The van der Waals surface area contributed by atoms with Crippen LogP contribution in [-0.2, 0) is 0 Å². The van der Waals surface area contributed by atoms with Gasteiger partial charge < -0.3 is 15.5 Å². The fourth-order valence-corrected chi connectivity index (χ4v) is 2.87. The maximum absolute atomic E-state index is 9.93. The molecule has 1 aliphatic rings. The fourth-order valence-electron chi connectivity index (χ4n) is 2.71. The van der Waals surface area contributed by atoms with Crippen LogP contribution in [0.2, 0.25) is 5.02 Å². The van der Waals surface area contributed by atoms with Crippen LogP contribution in [0.15, 0.2) is 18.3 Å². The summed E-state index contributed by atoms with van der Waals surface area (Å²) >= 11 is 5.78. The number of rotatable bonds is 3. The van der Waals surface area contributed by atoms with Gasteiger partial charge in [0.2, 0.25) is 0 Å². The second-order valence-electron chi connectivity index (χ2n) is 6.03. The first-order valence-electron chi connectivity index (χ1n) is 7.02. The largest absolute Gasteiger partial charge is 0.506 e. The summed E-state index contributed by atoms with van der Waals surface area (Å²) < 4.78 is 0. The van der Waals surface area contributed by atoms with E-state index in [4.69, 9.17) is 11.6 Å². The number of nitrogens with one attached hydrogen (secondary N) is 1. The molecular weight excluding hydrogens is 304 g/mol. The second kappa shape index (κ2) is 5.37. The van der Waals surface area contributed by atoms with E-state index in [0.29, 0.717) is 35.1 Å². The van der Waals surface area contributed by atoms with E-state index in [1.165, 1.54) is 12.3 Å². The standard InChI is InChI=1S/C15H17ClN4O2/c1-8-3-12(18-10-5-15(2,22)6-10)19-20-13(8)14-11(21)4-9(16)7-17-14/h3-4,7,10,21-22H,5-6H2,1-2H3,(H,18,19). The number of aliphatic hydroxyl groups is 1. The lowest BCUT2D eigenvalue weighted by atomic mass is 9.77. The molecule has 1 fully saturated rings. The van der Waals surface area contributed by atoms with Crippen molar-refractivity contribution in [2.24, 2.45) is 0 Å². The summed E-state index contributed by atoms with van der Waals surface area (Å²) in [5.74, 6) is 0.621. The van der Waals surface area contributed by atoms with Crippen LogP contribution in [0.3, 0.4) is 0 Å². The Morgan fingerprint density at radius 3 is 2.59 bits per heavy atom. The summed E-state index contributed by atoms with van der Waals surface area (Å²) in [6, 6.07) is 3.48. The molecule has 3 N–H and O–H groups in total. The van der Waals surface area contributed by atoms with Crippen molar-refractivity contribution in [2.45, 2.75) is 38.3 Å². The Bertz CT molecular complexity index is 713. The predicted octanol–water partition coefficient (Wildman–Crippen LogP) is 2.53. The lowest BCUT2D eigenvalue weighted by molar-refractivity contribution is -0.0235. The van der Waals surface area contributed by atoms with Gasteiger partial charge in [-0.05, 0) is 38.3 Å². The van der Waals surface area contributed by atoms with Gasteiger partial charge in [-0.1, -0.05) is 11.6 Å². The molecule has 0 atom stereocenters. The molecule has 2 heterocycles. The maximum Gasteiger partial charge on any atom is 0.149 e. The van der Waals surface area contributed by atoms with Gasteiger partial charge in [0.25, 0.3) is 0 Å². The molecule has 6 nitrogen and oxygen atoms in total. The zero-order valence-corrected chi connectivity index (χ0v) is 13.1. The molecule has 2 aromatic rings. The molecule has 3 rings (SSSR count). The molecule has 0 spiro atoms. The van der Waals surface area contributed by atoms with Gasteiger partial charge in [0.1, 0.15) is 23.0 Å². The number of halogens is 1. The number of pyridine rings is 1. The minimum atomic E-state index is -0.584. The Balaban J connectivity index is 1.80. The summed E-state index contributed by atoms with van der Waals surface area (Å²) in [5.41, 5.74) is 1.13. The van der Waals surface area contributed by atoms with Gasteiger partial charge in [-0.25, -0.2) is 4.98 Å². The molecular formula is C15H17ClN4O2. The van der Waals surface area contributed by atoms with Crippen molar-refractivity contribution in [3.8, 4) is 17.1 Å². The van der Waals surface area contributed by atoms with Crippen LogP contribution >= 0.6 is 11.6 Å². The molecule has 0 amide bonds. The van der Waals surface area contributed by atoms with Gasteiger partial charge in [-0.3, -0.25) is 0 Å². The predicted molar refractivity (Wildman–Crippen MR) is 83.9 cm³/mol. The molecule has 0 aliphatic heterocycles. The molecule has 7 heteroatoms. The highest BCUT2D eigenvalue weighted by Gasteiger charge is 2.38. The number of anilines is 1. The monoisotopic (exact) mass is 320 g/mol. The minimum absolute atomic E-state index is 0.0272. The van der Waals surface area contributed by atoms with Crippen LogP contribution in [-0.4, -0.2) is 37.0 Å². The molecule has 2 aromatic heterocycles. The lowest BCUT2D eigenvalue weighted by Crippen LogP contribution is -2.48. The number of aryl methyl sites for hydroxylation is 1. The third kappa shape index (κ3) is 2.98. The van der Waals surface area contributed by atoms with Gasteiger partial charge in [-0.2, -0.15) is 0 Å². The third-order valence-corrected chi connectivity index (χ3v) is 3.97. The molecule has 116 valence electrons. The van der Waals surface area contributed by atoms with Crippen molar-refractivity contribution < 1.29 is 10.2 Å². The van der Waals surface area contributed by atoms with Crippen LogP contribution in [0.1, 0.15) is 25.3 Å². The van der Waals surface area contributed by atoms with Crippen LogP contribution in [0, 0.1) is 6.92 Å². The van der Waals surface area contributed by atoms with E-state index in [9.17, 15) is 10.2 Å². The first-order valence-corrected chi connectivity index (χ1v) is 7.40. The van der Waals surface area contributed by atoms with Crippen LogP contribution in [0.4, 0.5) is 5.82 Å². The SMILES string of the molecule is Cc1cc(NC2CC(C)(O)C2)nnc1-c1ncc(Cl)cc1O. The Morgan fingerprint density at radius 1 is 1.27 bits per heavy atom. The fraction of sp³-hybridized carbons (Fsp3) is 0.400. The van der Waals surface area contributed by atoms with Crippen molar-refractivity contribution in [2.75, 3.05) is 5.32 Å². The second-order valence-corrected chi connectivity index (χ2v) is 6.47. The van der Waals surface area contributed by atoms with Crippen molar-refractivity contribution in [1.82, 2.24) is 15.2 Å². The summed E-state index contributed by atoms with van der Waals surface area (Å²) in [7, 11) is 0. The van der Waals surface area contributed by atoms with E-state index in [2.05, 4.69) is 20.5 Å². The summed E-state index contributed by atoms with van der Waals surface area (Å²) in [6.07, 6.45) is 2.84. The highest BCUT2D eigenvalue weighted by molar-refractivity contribution is 6.30. The van der Waals surface area contributed by atoms with Gasteiger partial charge >= 0.3 is 0 Å². The Hall–Kier alpha value is -1.92. The molecule has 0 unspecified atom stereocenters. The summed E-state index contributed by atoms with van der Waals surface area (Å²) in [5, 5.41) is 31.5. The van der Waals surface area contributed by atoms with Gasteiger partial charge in [-0.15, -0.1) is 10.2 Å². The van der Waals surface area contributed by atoms with E-state index in [1.807, 2.05) is 19.9 Å². The van der Waals surface area contributed by atoms with Gasteiger partial charge in [0.05, 0.1) is 10.6 Å². The molecule has 0 aromatic carbocycles. The van der Waals surface area contributed by atoms with Crippen LogP contribution < -0.4 is 5.32 Å². The highest BCUT2D eigenvalue weighted by Crippen LogP contribution is 2.34. The van der Waals surface area contributed by atoms with Gasteiger partial charge in [0.15, 0.2) is 0 Å². The zero-order valence-electron chi connectivity index (χ0n) is 12.3. The zero-order chi connectivity index (χ0) is 15.9. The Labute approximate surface area is 133 Å². The lowest BCUT2D eigenvalue weighted by Gasteiger charge is -2.41. The smallest absolute Gasteiger partial charge is 0.149 e. The third-order valence-electron chi connectivity index (χ3n) is 3.77. The van der Waals surface area contributed by atoms with E-state index in [-0.39, 0.29) is 11.8 Å². The highest BCUT2D eigenvalue weighted by atomic mass is 35.5. The van der Waals surface area contributed by atoms with E-state index in [0.717, 1.165) is 5.56 Å². The number of aromatic hydroxyl groups is 1.